The lowest BCUT2D eigenvalue weighted by Gasteiger charge is -2.26. The molecule has 6 nitrogen and oxygen atoms in total. The largest absolute Gasteiger partial charge is 0.497 e. The fraction of sp³-hybridized carbons (Fsp3) is 0.222. The van der Waals surface area contributed by atoms with Crippen molar-refractivity contribution in [2.75, 3.05) is 33.3 Å². The minimum Gasteiger partial charge on any atom is -0.497 e. The van der Waals surface area contributed by atoms with Gasteiger partial charge >= 0.3 is 0 Å². The number of halogens is 2. The number of anilines is 1. The summed E-state index contributed by atoms with van der Waals surface area (Å²) in [6.45, 7) is 0.803. The van der Waals surface area contributed by atoms with Crippen LogP contribution in [0.1, 0.15) is 11.1 Å². The number of fused-ring (bicyclic) bond motifs is 1. The zero-order valence-corrected chi connectivity index (χ0v) is 20.0. The molecule has 8 heteroatoms. The van der Waals surface area contributed by atoms with Crippen LogP contribution in [-0.2, 0) is 13.1 Å². The molecule has 4 rings (SSSR count). The van der Waals surface area contributed by atoms with Gasteiger partial charge in [-0.3, -0.25) is 0 Å². The highest BCUT2D eigenvalue weighted by Gasteiger charge is 2.18. The average molecular weight is 481 g/mol. The van der Waals surface area contributed by atoms with Crippen molar-refractivity contribution in [1.29, 1.82) is 0 Å². The summed E-state index contributed by atoms with van der Waals surface area (Å²) in [5.41, 5.74) is 1.99. The summed E-state index contributed by atoms with van der Waals surface area (Å²) >= 11 is 0. The second-order valence-corrected chi connectivity index (χ2v) is 7.84. The van der Waals surface area contributed by atoms with Crippen LogP contribution in [0.3, 0.4) is 0 Å². The van der Waals surface area contributed by atoms with Gasteiger partial charge in [-0.15, -0.1) is 0 Å². The molecule has 0 N–H and O–H groups in total. The van der Waals surface area contributed by atoms with Gasteiger partial charge in [-0.25, -0.2) is 13.8 Å². The lowest BCUT2D eigenvalue weighted by molar-refractivity contribution is 0.389. The van der Waals surface area contributed by atoms with Crippen LogP contribution in [-0.4, -0.2) is 33.4 Å². The van der Waals surface area contributed by atoms with Crippen LogP contribution in [0.15, 0.2) is 60.7 Å². The molecule has 3 aromatic carbocycles. The Bertz CT molecular complexity index is 1290. The monoisotopic (exact) mass is 480 g/mol. The van der Waals surface area contributed by atoms with Crippen LogP contribution >= 0.6 is 0 Å². The Labute approximate surface area is 202 Å². The van der Waals surface area contributed by atoms with E-state index < -0.39 is 11.6 Å². The molecule has 0 aliphatic carbocycles. The summed E-state index contributed by atoms with van der Waals surface area (Å²) in [5, 5.41) is 0.249. The molecule has 35 heavy (non-hydrogen) atoms. The summed E-state index contributed by atoms with van der Waals surface area (Å²) in [4.78, 5) is 6.57. The van der Waals surface area contributed by atoms with Gasteiger partial charge in [0.1, 0.15) is 40.5 Å². The van der Waals surface area contributed by atoms with Crippen LogP contribution in [0.5, 0.6) is 23.0 Å². The fourth-order valence-electron chi connectivity index (χ4n) is 3.92. The van der Waals surface area contributed by atoms with Crippen LogP contribution < -0.4 is 23.8 Å². The molecular weight excluding hydrogens is 454 g/mol. The van der Waals surface area contributed by atoms with E-state index in [1.54, 1.807) is 52.7 Å². The van der Waals surface area contributed by atoms with Crippen LogP contribution in [0, 0.1) is 11.6 Å². The zero-order chi connectivity index (χ0) is 24.9. The third-order valence-electron chi connectivity index (χ3n) is 5.74. The molecule has 0 unspecified atom stereocenters. The summed E-state index contributed by atoms with van der Waals surface area (Å²) in [6.07, 6.45) is 0. The molecule has 0 saturated carbocycles. The highest BCUT2D eigenvalue weighted by molar-refractivity contribution is 5.81. The van der Waals surface area contributed by atoms with Crippen molar-refractivity contribution in [2.45, 2.75) is 13.1 Å². The first-order valence-corrected chi connectivity index (χ1v) is 10.9. The number of benzene rings is 3. The maximum Gasteiger partial charge on any atom is 0.135 e. The molecule has 1 aromatic heterocycles. The van der Waals surface area contributed by atoms with Gasteiger partial charge in [-0.1, -0.05) is 0 Å². The second-order valence-electron chi connectivity index (χ2n) is 7.84. The predicted molar refractivity (Wildman–Crippen MR) is 131 cm³/mol. The maximum atomic E-state index is 14.3. The van der Waals surface area contributed by atoms with E-state index in [1.165, 1.54) is 6.07 Å². The number of hydrogen-bond acceptors (Lipinski definition) is 6. The predicted octanol–water partition coefficient (Wildman–Crippen LogP) is 5.75. The fourth-order valence-corrected chi connectivity index (χ4v) is 3.92. The van der Waals surface area contributed by atoms with Gasteiger partial charge in [-0.2, -0.15) is 0 Å². The lowest BCUT2D eigenvalue weighted by Crippen LogP contribution is -2.24. The molecule has 0 aliphatic rings. The number of pyridine rings is 1. The average Bonchev–Trinajstić information content (AvgIpc) is 2.88. The first-order chi connectivity index (χ1) is 16.9. The van der Waals surface area contributed by atoms with E-state index in [0.29, 0.717) is 41.9 Å². The van der Waals surface area contributed by atoms with E-state index in [2.05, 4.69) is 4.98 Å². The molecule has 0 fully saturated rings. The van der Waals surface area contributed by atoms with Crippen molar-refractivity contribution in [3.8, 4) is 23.0 Å². The number of ether oxygens (including phenoxy) is 4. The van der Waals surface area contributed by atoms with Gasteiger partial charge in [0, 0.05) is 53.9 Å². The molecule has 4 aromatic rings. The molecule has 0 amide bonds. The summed E-state index contributed by atoms with van der Waals surface area (Å²) in [5.74, 6) is 1.84. The van der Waals surface area contributed by atoms with Crippen LogP contribution in [0.4, 0.5) is 14.6 Å². The number of nitrogens with zero attached hydrogens (tertiary/aromatic N) is 2. The number of rotatable bonds is 9. The Morgan fingerprint density at radius 2 is 1.26 bits per heavy atom. The highest BCUT2D eigenvalue weighted by atomic mass is 19.1. The molecule has 0 bridgehead atoms. The molecule has 0 radical (unpaired) electrons. The summed E-state index contributed by atoms with van der Waals surface area (Å²) in [6, 6.07) is 16.5. The standard InChI is InChI=1S/C27H26F2N2O4/c1-32-20-7-5-17(25(13-20)34-3)15-31(16-18-6-8-21(33-2)14-26(18)35-4)27-10-9-22-23(29)11-19(28)12-24(22)30-27/h5-14H,15-16H2,1-4H3. The van der Waals surface area contributed by atoms with E-state index in [0.717, 1.165) is 17.2 Å². The molecule has 0 spiro atoms. The number of methoxy groups -OCH3 is 4. The Balaban J connectivity index is 1.79. The summed E-state index contributed by atoms with van der Waals surface area (Å²) in [7, 11) is 6.37. The van der Waals surface area contributed by atoms with Crippen molar-refractivity contribution in [3.63, 3.8) is 0 Å². The van der Waals surface area contributed by atoms with Gasteiger partial charge in [0.15, 0.2) is 0 Å². The first-order valence-electron chi connectivity index (χ1n) is 10.9. The number of aromatic nitrogens is 1. The highest BCUT2D eigenvalue weighted by Crippen LogP contribution is 2.32. The molecule has 182 valence electrons. The Morgan fingerprint density at radius 1 is 0.686 bits per heavy atom. The van der Waals surface area contributed by atoms with Gasteiger partial charge in [0.2, 0.25) is 0 Å². The van der Waals surface area contributed by atoms with E-state index >= 15 is 0 Å². The quantitative estimate of drug-likeness (QED) is 0.304. The molecule has 0 atom stereocenters. The third kappa shape index (κ3) is 5.21. The van der Waals surface area contributed by atoms with Gasteiger partial charge < -0.3 is 23.8 Å². The topological polar surface area (TPSA) is 53.1 Å². The SMILES string of the molecule is COc1ccc(CN(Cc2ccc(OC)cc2OC)c2ccc3c(F)cc(F)cc3n2)c(OC)c1. The van der Waals surface area contributed by atoms with Crippen molar-refractivity contribution >= 4 is 16.7 Å². The van der Waals surface area contributed by atoms with E-state index in [-0.39, 0.29) is 10.9 Å². The first kappa shape index (κ1) is 24.1. The Hall–Kier alpha value is -4.07. The number of hydrogen-bond donors (Lipinski definition) is 0. The molecular formula is C27H26F2N2O4. The zero-order valence-electron chi connectivity index (χ0n) is 20.0. The van der Waals surface area contributed by atoms with E-state index in [1.807, 2.05) is 29.2 Å². The van der Waals surface area contributed by atoms with Crippen molar-refractivity contribution in [3.05, 3.63) is 83.4 Å². The van der Waals surface area contributed by atoms with Gasteiger partial charge in [0.05, 0.1) is 34.0 Å². The third-order valence-corrected chi connectivity index (χ3v) is 5.74. The minimum atomic E-state index is -0.681. The smallest absolute Gasteiger partial charge is 0.135 e. The minimum absolute atomic E-state index is 0.230. The molecule has 1 heterocycles. The Kier molecular flexibility index (Phi) is 7.19. The van der Waals surface area contributed by atoms with Crippen molar-refractivity contribution in [1.82, 2.24) is 4.98 Å². The van der Waals surface area contributed by atoms with Crippen LogP contribution in [0.25, 0.3) is 10.9 Å². The van der Waals surface area contributed by atoms with Gasteiger partial charge in [0.25, 0.3) is 0 Å². The van der Waals surface area contributed by atoms with Crippen LogP contribution in [0.2, 0.25) is 0 Å². The molecule has 0 saturated heterocycles. The second kappa shape index (κ2) is 10.5. The normalized spacial score (nSPS) is 10.8. The lowest BCUT2D eigenvalue weighted by atomic mass is 10.1. The van der Waals surface area contributed by atoms with E-state index in [4.69, 9.17) is 18.9 Å². The van der Waals surface area contributed by atoms with Crippen molar-refractivity contribution in [2.24, 2.45) is 0 Å². The van der Waals surface area contributed by atoms with Gasteiger partial charge in [-0.05, 0) is 36.4 Å². The van der Waals surface area contributed by atoms with Crippen molar-refractivity contribution < 1.29 is 27.7 Å². The Morgan fingerprint density at radius 3 is 1.77 bits per heavy atom. The molecule has 0 aliphatic heterocycles. The van der Waals surface area contributed by atoms with E-state index in [9.17, 15) is 8.78 Å². The summed E-state index contributed by atoms with van der Waals surface area (Å²) < 4.78 is 50.0. The maximum absolute atomic E-state index is 14.3.